The van der Waals surface area contributed by atoms with Gasteiger partial charge in [-0.25, -0.2) is 0 Å². The van der Waals surface area contributed by atoms with Crippen LogP contribution in [-0.2, 0) is 11.2 Å². The molecule has 0 spiro atoms. The highest BCUT2D eigenvalue weighted by atomic mass is 35.5. The van der Waals surface area contributed by atoms with Gasteiger partial charge < -0.3 is 14.8 Å². The Morgan fingerprint density at radius 3 is 2.50 bits per heavy atom. The van der Waals surface area contributed by atoms with Crippen molar-refractivity contribution in [2.75, 3.05) is 33.9 Å². The molecule has 0 saturated carbocycles. The molecule has 1 amide bonds. The fourth-order valence-electron chi connectivity index (χ4n) is 3.30. The highest BCUT2D eigenvalue weighted by Crippen LogP contribution is 2.25. The van der Waals surface area contributed by atoms with E-state index in [0.29, 0.717) is 17.3 Å². The summed E-state index contributed by atoms with van der Waals surface area (Å²) in [4.78, 5) is 14.9. The summed E-state index contributed by atoms with van der Waals surface area (Å²) in [6.45, 7) is 6.52. The Labute approximate surface area is 172 Å². The predicted octanol–water partition coefficient (Wildman–Crippen LogP) is 4.10. The van der Waals surface area contributed by atoms with Crippen LogP contribution in [0.15, 0.2) is 42.5 Å². The molecule has 0 aliphatic rings. The highest BCUT2D eigenvalue weighted by molar-refractivity contribution is 6.30. The van der Waals surface area contributed by atoms with Crippen LogP contribution in [0.25, 0.3) is 0 Å². The van der Waals surface area contributed by atoms with Gasteiger partial charge in [-0.05, 0) is 49.0 Å². The van der Waals surface area contributed by atoms with Crippen LogP contribution in [0.1, 0.15) is 31.0 Å². The molecular formula is C22H29ClN2O3. The second-order valence-corrected chi connectivity index (χ2v) is 6.89. The van der Waals surface area contributed by atoms with E-state index < -0.39 is 0 Å². The molecule has 2 aromatic carbocycles. The molecule has 0 aliphatic heterocycles. The van der Waals surface area contributed by atoms with Crippen LogP contribution in [0, 0.1) is 0 Å². The number of rotatable bonds is 10. The molecule has 0 fully saturated rings. The minimum Gasteiger partial charge on any atom is -0.497 e. The smallest absolute Gasteiger partial charge is 0.224 e. The molecule has 152 valence electrons. The first-order valence-corrected chi connectivity index (χ1v) is 9.87. The maximum absolute atomic E-state index is 12.6. The Kier molecular flexibility index (Phi) is 8.61. The third-order valence-electron chi connectivity index (χ3n) is 4.82. The van der Waals surface area contributed by atoms with Crippen molar-refractivity contribution in [3.05, 3.63) is 58.6 Å². The number of methoxy groups -OCH3 is 2. The molecule has 2 rings (SSSR count). The minimum absolute atomic E-state index is 0.0651. The van der Waals surface area contributed by atoms with E-state index in [9.17, 15) is 4.79 Å². The summed E-state index contributed by atoms with van der Waals surface area (Å²) in [5, 5.41) is 3.65. The van der Waals surface area contributed by atoms with Gasteiger partial charge in [0.2, 0.25) is 5.91 Å². The zero-order valence-corrected chi connectivity index (χ0v) is 17.8. The molecule has 1 unspecified atom stereocenters. The van der Waals surface area contributed by atoms with Gasteiger partial charge in [-0.2, -0.15) is 0 Å². The first kappa shape index (κ1) is 22.1. The number of halogens is 1. The van der Waals surface area contributed by atoms with Crippen molar-refractivity contribution in [2.24, 2.45) is 0 Å². The van der Waals surface area contributed by atoms with E-state index >= 15 is 0 Å². The van der Waals surface area contributed by atoms with Crippen LogP contribution in [0.5, 0.6) is 11.5 Å². The molecule has 1 atom stereocenters. The Bertz CT molecular complexity index is 778. The number of likely N-dealkylation sites (N-methyl/N-ethyl adjacent to an activating group) is 1. The van der Waals surface area contributed by atoms with Crippen LogP contribution < -0.4 is 14.8 Å². The summed E-state index contributed by atoms with van der Waals surface area (Å²) in [5.41, 5.74) is 1.89. The number of carbonyl (C=O) groups is 1. The maximum atomic E-state index is 12.6. The molecule has 0 heterocycles. The summed E-state index contributed by atoms with van der Waals surface area (Å²) in [6.07, 6.45) is 0.215. The van der Waals surface area contributed by atoms with Crippen LogP contribution in [0.3, 0.4) is 0 Å². The molecule has 0 aliphatic carbocycles. The summed E-state index contributed by atoms with van der Waals surface area (Å²) in [5.74, 6) is 1.40. The second-order valence-electron chi connectivity index (χ2n) is 6.45. The van der Waals surface area contributed by atoms with Gasteiger partial charge in [-0.15, -0.1) is 0 Å². The molecule has 5 nitrogen and oxygen atoms in total. The van der Waals surface area contributed by atoms with E-state index in [1.807, 2.05) is 18.2 Å². The van der Waals surface area contributed by atoms with Crippen molar-refractivity contribution < 1.29 is 14.3 Å². The molecule has 0 aromatic heterocycles. The number of amides is 1. The SMILES string of the molecule is CCN(CC)C(CNC(=O)Cc1cc(Cl)ccc1OC)c1cccc(OC)c1. The van der Waals surface area contributed by atoms with E-state index in [4.69, 9.17) is 21.1 Å². The van der Waals surface area contributed by atoms with Crippen LogP contribution in [-0.4, -0.2) is 44.7 Å². The number of benzene rings is 2. The van der Waals surface area contributed by atoms with E-state index in [1.165, 1.54) is 0 Å². The summed E-state index contributed by atoms with van der Waals surface area (Å²) in [6, 6.07) is 13.4. The maximum Gasteiger partial charge on any atom is 0.224 e. The molecular weight excluding hydrogens is 376 g/mol. The zero-order valence-electron chi connectivity index (χ0n) is 17.0. The zero-order chi connectivity index (χ0) is 20.5. The first-order chi connectivity index (χ1) is 13.5. The Morgan fingerprint density at radius 2 is 1.86 bits per heavy atom. The average Bonchev–Trinajstić information content (AvgIpc) is 2.71. The van der Waals surface area contributed by atoms with Gasteiger partial charge in [-0.1, -0.05) is 37.6 Å². The van der Waals surface area contributed by atoms with Crippen molar-refractivity contribution in [2.45, 2.75) is 26.3 Å². The van der Waals surface area contributed by atoms with Crippen molar-refractivity contribution in [3.63, 3.8) is 0 Å². The van der Waals surface area contributed by atoms with Gasteiger partial charge in [0.25, 0.3) is 0 Å². The number of nitrogens with zero attached hydrogens (tertiary/aromatic N) is 1. The Morgan fingerprint density at radius 1 is 1.11 bits per heavy atom. The van der Waals surface area contributed by atoms with E-state index in [0.717, 1.165) is 30.0 Å². The minimum atomic E-state index is -0.0689. The standard InChI is InChI=1S/C22H29ClN2O3/c1-5-25(6-2)20(16-8-7-9-19(13-16)27-3)15-24-22(26)14-17-12-18(23)10-11-21(17)28-4/h7-13,20H,5-6,14-15H2,1-4H3,(H,24,26). The Balaban J connectivity index is 2.12. The van der Waals surface area contributed by atoms with E-state index in [1.54, 1.807) is 32.4 Å². The number of nitrogens with one attached hydrogen (secondary N) is 1. The van der Waals surface area contributed by atoms with Gasteiger partial charge >= 0.3 is 0 Å². The molecule has 0 saturated heterocycles. The molecule has 0 bridgehead atoms. The van der Waals surface area contributed by atoms with Gasteiger partial charge in [0.05, 0.1) is 26.7 Å². The van der Waals surface area contributed by atoms with Gasteiger partial charge in [0.15, 0.2) is 0 Å². The van der Waals surface area contributed by atoms with Crippen LogP contribution in [0.2, 0.25) is 5.02 Å². The lowest BCUT2D eigenvalue weighted by Gasteiger charge is -2.30. The van der Waals surface area contributed by atoms with Crippen molar-refractivity contribution >= 4 is 17.5 Å². The number of hydrogen-bond acceptors (Lipinski definition) is 4. The largest absolute Gasteiger partial charge is 0.497 e. The van der Waals surface area contributed by atoms with Gasteiger partial charge in [0, 0.05) is 17.1 Å². The molecule has 2 aromatic rings. The molecule has 6 heteroatoms. The third kappa shape index (κ3) is 5.88. The first-order valence-electron chi connectivity index (χ1n) is 9.49. The number of hydrogen-bond donors (Lipinski definition) is 1. The predicted molar refractivity (Wildman–Crippen MR) is 113 cm³/mol. The Hall–Kier alpha value is -2.24. The topological polar surface area (TPSA) is 50.8 Å². The summed E-state index contributed by atoms with van der Waals surface area (Å²) >= 11 is 6.07. The summed E-state index contributed by atoms with van der Waals surface area (Å²) in [7, 11) is 3.25. The van der Waals surface area contributed by atoms with Crippen LogP contribution >= 0.6 is 11.6 Å². The number of carbonyl (C=O) groups excluding carboxylic acids is 1. The number of ether oxygens (including phenoxy) is 2. The second kappa shape index (κ2) is 10.9. The summed E-state index contributed by atoms with van der Waals surface area (Å²) < 4.78 is 10.7. The fraction of sp³-hybridized carbons (Fsp3) is 0.409. The van der Waals surface area contributed by atoms with E-state index in [-0.39, 0.29) is 18.4 Å². The average molecular weight is 405 g/mol. The normalized spacial score (nSPS) is 11.9. The lowest BCUT2D eigenvalue weighted by Crippen LogP contribution is -2.38. The molecule has 28 heavy (non-hydrogen) atoms. The third-order valence-corrected chi connectivity index (χ3v) is 5.05. The molecule has 1 N–H and O–H groups in total. The van der Waals surface area contributed by atoms with Gasteiger partial charge in [-0.3, -0.25) is 9.69 Å². The quantitative estimate of drug-likeness (QED) is 0.647. The van der Waals surface area contributed by atoms with Crippen molar-refractivity contribution in [1.29, 1.82) is 0 Å². The molecule has 0 radical (unpaired) electrons. The van der Waals surface area contributed by atoms with Crippen LogP contribution in [0.4, 0.5) is 0 Å². The van der Waals surface area contributed by atoms with Gasteiger partial charge in [0.1, 0.15) is 11.5 Å². The monoisotopic (exact) mass is 404 g/mol. The lowest BCUT2D eigenvalue weighted by molar-refractivity contribution is -0.120. The van der Waals surface area contributed by atoms with E-state index in [2.05, 4.69) is 30.1 Å². The fourth-order valence-corrected chi connectivity index (χ4v) is 3.50. The van der Waals surface area contributed by atoms with Crippen molar-refractivity contribution in [1.82, 2.24) is 10.2 Å². The highest BCUT2D eigenvalue weighted by Gasteiger charge is 2.20. The van der Waals surface area contributed by atoms with Crippen molar-refractivity contribution in [3.8, 4) is 11.5 Å². The lowest BCUT2D eigenvalue weighted by atomic mass is 10.0.